The Balaban J connectivity index is 1.76. The molecular formula is C19H26N2O3. The van der Waals surface area contributed by atoms with Crippen LogP contribution in [0.25, 0.3) is 0 Å². The Bertz CT molecular complexity index is 681. The maximum Gasteiger partial charge on any atom is 0.161 e. The molecule has 1 aromatic carbocycles. The maximum absolute atomic E-state index is 5.49. The molecule has 2 heterocycles. The van der Waals surface area contributed by atoms with E-state index in [2.05, 4.69) is 42.1 Å². The second-order valence-electron chi connectivity index (χ2n) is 6.63. The van der Waals surface area contributed by atoms with E-state index in [4.69, 9.17) is 14.0 Å². The highest BCUT2D eigenvalue weighted by molar-refractivity contribution is 5.42. The molecule has 0 N–H and O–H groups in total. The third-order valence-corrected chi connectivity index (χ3v) is 4.65. The molecule has 3 rings (SSSR count). The van der Waals surface area contributed by atoms with Gasteiger partial charge in [0, 0.05) is 18.5 Å². The summed E-state index contributed by atoms with van der Waals surface area (Å²) in [5.41, 5.74) is 2.27. The van der Waals surface area contributed by atoms with Crippen molar-refractivity contribution in [2.24, 2.45) is 0 Å². The first kappa shape index (κ1) is 16.8. The molecule has 24 heavy (non-hydrogen) atoms. The highest BCUT2D eigenvalue weighted by Gasteiger charge is 2.29. The van der Waals surface area contributed by atoms with E-state index in [0.29, 0.717) is 12.0 Å². The van der Waals surface area contributed by atoms with Gasteiger partial charge in [0.15, 0.2) is 11.5 Å². The van der Waals surface area contributed by atoms with Crippen molar-refractivity contribution in [3.63, 3.8) is 0 Å². The van der Waals surface area contributed by atoms with Crippen LogP contribution in [0.1, 0.15) is 55.7 Å². The van der Waals surface area contributed by atoms with Gasteiger partial charge >= 0.3 is 0 Å². The predicted octanol–water partition coefficient (Wildman–Crippen LogP) is 4.15. The lowest BCUT2D eigenvalue weighted by Gasteiger charge is -2.23. The van der Waals surface area contributed by atoms with Crippen molar-refractivity contribution in [3.05, 3.63) is 41.3 Å². The van der Waals surface area contributed by atoms with Crippen molar-refractivity contribution in [2.45, 2.75) is 45.2 Å². The van der Waals surface area contributed by atoms with Gasteiger partial charge in [-0.3, -0.25) is 4.90 Å². The summed E-state index contributed by atoms with van der Waals surface area (Å²) >= 11 is 0. The SMILES string of the molecule is COc1ccc(CN2CCCC2c2cc(C(C)C)on2)cc1OC. The van der Waals surface area contributed by atoms with Gasteiger partial charge in [-0.15, -0.1) is 0 Å². The second-order valence-corrected chi connectivity index (χ2v) is 6.63. The monoisotopic (exact) mass is 330 g/mol. The Hall–Kier alpha value is -2.01. The van der Waals surface area contributed by atoms with E-state index in [1.54, 1.807) is 14.2 Å². The van der Waals surface area contributed by atoms with Crippen LogP contribution in [0.15, 0.2) is 28.8 Å². The third kappa shape index (κ3) is 3.41. The van der Waals surface area contributed by atoms with E-state index in [0.717, 1.165) is 42.5 Å². The Labute approximate surface area is 143 Å². The lowest BCUT2D eigenvalue weighted by molar-refractivity contribution is 0.235. The number of benzene rings is 1. The van der Waals surface area contributed by atoms with E-state index in [9.17, 15) is 0 Å². The number of methoxy groups -OCH3 is 2. The van der Waals surface area contributed by atoms with E-state index < -0.39 is 0 Å². The van der Waals surface area contributed by atoms with Gasteiger partial charge in [0.05, 0.1) is 20.3 Å². The summed E-state index contributed by atoms with van der Waals surface area (Å²) in [6, 6.07) is 8.55. The Morgan fingerprint density at radius 3 is 2.67 bits per heavy atom. The number of aromatic nitrogens is 1. The molecule has 1 aromatic heterocycles. The van der Waals surface area contributed by atoms with Crippen LogP contribution in [0.3, 0.4) is 0 Å². The molecule has 0 bridgehead atoms. The summed E-state index contributed by atoms with van der Waals surface area (Å²) in [6.07, 6.45) is 2.30. The van der Waals surface area contributed by atoms with Crippen molar-refractivity contribution in [3.8, 4) is 11.5 Å². The fourth-order valence-corrected chi connectivity index (χ4v) is 3.30. The fraction of sp³-hybridized carbons (Fsp3) is 0.526. The Morgan fingerprint density at radius 1 is 1.21 bits per heavy atom. The maximum atomic E-state index is 5.49. The minimum Gasteiger partial charge on any atom is -0.493 e. The standard InChI is InChI=1S/C19H26N2O3/c1-13(2)18-11-15(20-24-18)16-6-5-9-21(16)12-14-7-8-17(22-3)19(10-14)23-4/h7-8,10-11,13,16H,5-6,9,12H2,1-4H3. The molecule has 1 unspecified atom stereocenters. The minimum absolute atomic E-state index is 0.328. The Kier molecular flexibility index (Phi) is 5.09. The molecule has 1 aliphatic rings. The van der Waals surface area contributed by atoms with Crippen LogP contribution in [-0.2, 0) is 6.54 Å². The first-order valence-electron chi connectivity index (χ1n) is 8.53. The third-order valence-electron chi connectivity index (χ3n) is 4.65. The van der Waals surface area contributed by atoms with Gasteiger partial charge in [-0.05, 0) is 37.1 Å². The zero-order chi connectivity index (χ0) is 17.1. The van der Waals surface area contributed by atoms with Crippen LogP contribution in [0.5, 0.6) is 11.5 Å². The van der Waals surface area contributed by atoms with Crippen molar-refractivity contribution in [1.29, 1.82) is 0 Å². The molecule has 130 valence electrons. The van der Waals surface area contributed by atoms with E-state index in [-0.39, 0.29) is 0 Å². The fourth-order valence-electron chi connectivity index (χ4n) is 3.30. The van der Waals surface area contributed by atoms with Crippen molar-refractivity contribution >= 4 is 0 Å². The number of ether oxygens (including phenoxy) is 2. The molecule has 5 nitrogen and oxygen atoms in total. The van der Waals surface area contributed by atoms with Crippen molar-refractivity contribution < 1.29 is 14.0 Å². The smallest absolute Gasteiger partial charge is 0.161 e. The van der Waals surface area contributed by atoms with Crippen LogP contribution in [0, 0.1) is 0 Å². The first-order valence-corrected chi connectivity index (χ1v) is 8.53. The van der Waals surface area contributed by atoms with Crippen LogP contribution < -0.4 is 9.47 Å². The van der Waals surface area contributed by atoms with Gasteiger partial charge in [0.2, 0.25) is 0 Å². The molecule has 1 saturated heterocycles. The van der Waals surface area contributed by atoms with Crippen LogP contribution in [0.2, 0.25) is 0 Å². The van der Waals surface area contributed by atoms with Crippen LogP contribution >= 0.6 is 0 Å². The first-order chi connectivity index (χ1) is 11.6. The number of rotatable bonds is 6. The van der Waals surface area contributed by atoms with Crippen molar-refractivity contribution in [2.75, 3.05) is 20.8 Å². The second kappa shape index (κ2) is 7.26. The van der Waals surface area contributed by atoms with E-state index in [1.165, 1.54) is 12.0 Å². The van der Waals surface area contributed by atoms with Crippen LogP contribution in [0.4, 0.5) is 0 Å². The topological polar surface area (TPSA) is 47.7 Å². The summed E-state index contributed by atoms with van der Waals surface area (Å²) in [7, 11) is 3.33. The van der Waals surface area contributed by atoms with E-state index in [1.807, 2.05) is 6.07 Å². The minimum atomic E-state index is 0.328. The highest BCUT2D eigenvalue weighted by atomic mass is 16.5. The number of nitrogens with zero attached hydrogens (tertiary/aromatic N) is 2. The van der Waals surface area contributed by atoms with Gasteiger partial charge in [0.1, 0.15) is 11.5 Å². The average Bonchev–Trinajstić information content (AvgIpc) is 3.23. The normalized spacial score (nSPS) is 18.3. The van der Waals surface area contributed by atoms with Gasteiger partial charge < -0.3 is 14.0 Å². The molecule has 0 spiro atoms. The molecule has 0 radical (unpaired) electrons. The van der Waals surface area contributed by atoms with Gasteiger partial charge in [-0.25, -0.2) is 0 Å². The number of likely N-dealkylation sites (tertiary alicyclic amines) is 1. The summed E-state index contributed by atoms with van der Waals surface area (Å²) in [5.74, 6) is 2.86. The Morgan fingerprint density at radius 2 is 2.00 bits per heavy atom. The molecule has 5 heteroatoms. The van der Waals surface area contributed by atoms with Gasteiger partial charge in [-0.2, -0.15) is 0 Å². The molecule has 1 atom stereocenters. The van der Waals surface area contributed by atoms with Crippen molar-refractivity contribution in [1.82, 2.24) is 10.1 Å². The van der Waals surface area contributed by atoms with Crippen LogP contribution in [-0.4, -0.2) is 30.8 Å². The molecule has 1 fully saturated rings. The molecule has 1 aliphatic heterocycles. The van der Waals surface area contributed by atoms with Gasteiger partial charge in [-0.1, -0.05) is 25.1 Å². The molecule has 2 aromatic rings. The predicted molar refractivity (Wildman–Crippen MR) is 92.5 cm³/mol. The molecular weight excluding hydrogens is 304 g/mol. The summed E-state index contributed by atoms with van der Waals surface area (Å²) in [6.45, 7) is 6.19. The number of hydrogen-bond donors (Lipinski definition) is 0. The highest BCUT2D eigenvalue weighted by Crippen LogP contribution is 2.35. The largest absolute Gasteiger partial charge is 0.493 e. The van der Waals surface area contributed by atoms with E-state index >= 15 is 0 Å². The molecule has 0 saturated carbocycles. The van der Waals surface area contributed by atoms with Gasteiger partial charge in [0.25, 0.3) is 0 Å². The lowest BCUT2D eigenvalue weighted by Crippen LogP contribution is -2.23. The average molecular weight is 330 g/mol. The quantitative estimate of drug-likeness (QED) is 0.796. The molecule has 0 aliphatic carbocycles. The summed E-state index contributed by atoms with van der Waals surface area (Å²) in [4.78, 5) is 2.46. The summed E-state index contributed by atoms with van der Waals surface area (Å²) < 4.78 is 16.2. The molecule has 0 amide bonds. The zero-order valence-electron chi connectivity index (χ0n) is 14.9. The lowest BCUT2D eigenvalue weighted by atomic mass is 10.1. The summed E-state index contributed by atoms with van der Waals surface area (Å²) in [5, 5.41) is 4.31. The zero-order valence-corrected chi connectivity index (χ0v) is 14.9. The number of hydrogen-bond acceptors (Lipinski definition) is 5.